The van der Waals surface area contributed by atoms with Gasteiger partial charge in [-0.15, -0.1) is 0 Å². The Morgan fingerprint density at radius 3 is 2.47 bits per heavy atom. The van der Waals surface area contributed by atoms with E-state index < -0.39 is 0 Å². The van der Waals surface area contributed by atoms with E-state index in [1.807, 2.05) is 12.1 Å². The Kier molecular flexibility index (Phi) is 6.30. The van der Waals surface area contributed by atoms with Gasteiger partial charge < -0.3 is 24.8 Å². The largest absolute Gasteiger partial charge is 0.493 e. The van der Waals surface area contributed by atoms with Crippen LogP contribution in [0.4, 0.5) is 5.69 Å². The fourth-order valence-corrected chi connectivity index (χ4v) is 3.90. The minimum absolute atomic E-state index is 0.167. The lowest BCUT2D eigenvalue weighted by Crippen LogP contribution is -2.27. The van der Waals surface area contributed by atoms with E-state index in [1.54, 1.807) is 40.5 Å². The summed E-state index contributed by atoms with van der Waals surface area (Å²) in [6.45, 7) is 3.54. The molecule has 7 nitrogen and oxygen atoms in total. The van der Waals surface area contributed by atoms with E-state index in [0.29, 0.717) is 41.3 Å². The second-order valence-corrected chi connectivity index (χ2v) is 6.86. The summed E-state index contributed by atoms with van der Waals surface area (Å²) >= 11 is 0. The van der Waals surface area contributed by atoms with Crippen LogP contribution in [-0.4, -0.2) is 34.3 Å². The highest BCUT2D eigenvalue weighted by Crippen LogP contribution is 2.50. The van der Waals surface area contributed by atoms with Crippen molar-refractivity contribution in [2.45, 2.75) is 18.9 Å². The minimum Gasteiger partial charge on any atom is -0.493 e. The number of anilines is 1. The third-order valence-corrected chi connectivity index (χ3v) is 5.31. The van der Waals surface area contributed by atoms with Gasteiger partial charge in [-0.05, 0) is 53.8 Å². The zero-order chi connectivity index (χ0) is 21.8. The lowest BCUT2D eigenvalue weighted by Gasteiger charge is -2.19. The molecule has 0 aromatic heterocycles. The standard InChI is InChI=1S/C23H26N2O5/c1-6-20(27)25-16-9-7-13-11-19(28-3)22(29-4)23(30-5)21(13)14-8-10-17(24-2)18(26)12-15(14)16/h6,8,10-12,16H,1,7,9H2,2-5H3,(H,24,26)(H,25,27)/t16-/m0/s1. The number of fused-ring (bicyclic) bond motifs is 3. The number of amides is 1. The topological polar surface area (TPSA) is 85.9 Å². The first-order valence-electron chi connectivity index (χ1n) is 9.60. The first-order valence-corrected chi connectivity index (χ1v) is 9.60. The molecule has 0 spiro atoms. The van der Waals surface area contributed by atoms with E-state index in [1.165, 1.54) is 6.08 Å². The van der Waals surface area contributed by atoms with E-state index in [-0.39, 0.29) is 17.4 Å². The van der Waals surface area contributed by atoms with Crippen molar-refractivity contribution in [1.29, 1.82) is 0 Å². The highest BCUT2D eigenvalue weighted by Gasteiger charge is 2.29. The molecule has 3 rings (SSSR count). The highest BCUT2D eigenvalue weighted by atomic mass is 16.5. The zero-order valence-electron chi connectivity index (χ0n) is 17.6. The Bertz CT molecular complexity index is 1050. The van der Waals surface area contributed by atoms with Crippen LogP contribution in [0.15, 0.2) is 41.7 Å². The second-order valence-electron chi connectivity index (χ2n) is 6.86. The van der Waals surface area contributed by atoms with E-state index in [4.69, 9.17) is 14.2 Å². The average Bonchev–Trinajstić information content (AvgIpc) is 3.00. The summed E-state index contributed by atoms with van der Waals surface area (Å²) in [5.41, 5.74) is 3.58. The smallest absolute Gasteiger partial charge is 0.243 e. The van der Waals surface area contributed by atoms with Crippen LogP contribution in [-0.2, 0) is 11.2 Å². The Hall–Kier alpha value is -3.48. The highest BCUT2D eigenvalue weighted by molar-refractivity contribution is 5.88. The van der Waals surface area contributed by atoms with Crippen molar-refractivity contribution < 1.29 is 19.0 Å². The maximum absolute atomic E-state index is 12.8. The number of rotatable bonds is 6. The Labute approximate surface area is 175 Å². The number of hydrogen-bond acceptors (Lipinski definition) is 6. The van der Waals surface area contributed by atoms with Crippen LogP contribution in [0.3, 0.4) is 0 Å². The number of carbonyl (C=O) groups is 1. The van der Waals surface area contributed by atoms with Gasteiger partial charge in [-0.2, -0.15) is 0 Å². The van der Waals surface area contributed by atoms with Crippen LogP contribution < -0.4 is 30.3 Å². The Balaban J connectivity index is 2.39. The maximum Gasteiger partial charge on any atom is 0.243 e. The van der Waals surface area contributed by atoms with E-state index in [0.717, 1.165) is 16.7 Å². The molecule has 0 heterocycles. The minimum atomic E-state index is -0.371. The molecule has 30 heavy (non-hydrogen) atoms. The number of hydrogen-bond donors (Lipinski definition) is 2. The van der Waals surface area contributed by atoms with Crippen molar-refractivity contribution in [2.75, 3.05) is 33.7 Å². The quantitative estimate of drug-likeness (QED) is 0.712. The molecule has 1 aliphatic rings. The molecule has 1 atom stereocenters. The molecule has 158 valence electrons. The molecule has 7 heteroatoms. The summed E-state index contributed by atoms with van der Waals surface area (Å²) in [7, 11) is 6.39. The van der Waals surface area contributed by atoms with E-state index >= 15 is 0 Å². The summed E-state index contributed by atoms with van der Waals surface area (Å²) < 4.78 is 16.8. The number of methoxy groups -OCH3 is 3. The second kappa shape index (κ2) is 8.90. The third-order valence-electron chi connectivity index (χ3n) is 5.31. The molecule has 0 bridgehead atoms. The van der Waals surface area contributed by atoms with Gasteiger partial charge in [0.15, 0.2) is 11.5 Å². The van der Waals surface area contributed by atoms with Crippen molar-refractivity contribution >= 4 is 11.6 Å². The lowest BCUT2D eigenvalue weighted by atomic mass is 9.95. The number of aryl methyl sites for hydroxylation is 1. The van der Waals surface area contributed by atoms with E-state index in [2.05, 4.69) is 17.2 Å². The molecule has 0 radical (unpaired) electrons. The fourth-order valence-electron chi connectivity index (χ4n) is 3.90. The molecular weight excluding hydrogens is 384 g/mol. The van der Waals surface area contributed by atoms with Crippen molar-refractivity contribution in [2.24, 2.45) is 0 Å². The molecule has 2 N–H and O–H groups in total. The molecule has 1 amide bonds. The summed E-state index contributed by atoms with van der Waals surface area (Å²) in [5.74, 6) is 1.25. The Morgan fingerprint density at radius 1 is 1.13 bits per heavy atom. The summed E-state index contributed by atoms with van der Waals surface area (Å²) in [6.07, 6.45) is 2.46. The lowest BCUT2D eigenvalue weighted by molar-refractivity contribution is -0.117. The predicted molar refractivity (Wildman–Crippen MR) is 117 cm³/mol. The van der Waals surface area contributed by atoms with Crippen LogP contribution in [0.5, 0.6) is 17.2 Å². The van der Waals surface area contributed by atoms with Crippen LogP contribution in [0.2, 0.25) is 0 Å². The first kappa shape index (κ1) is 21.2. The Morgan fingerprint density at radius 2 is 1.87 bits per heavy atom. The summed E-state index contributed by atoms with van der Waals surface area (Å²) in [4.78, 5) is 24.9. The first-order chi connectivity index (χ1) is 14.5. The molecule has 2 aromatic carbocycles. The number of carbonyl (C=O) groups excluding carboxylic acids is 1. The SMILES string of the molecule is C=CC(=O)N[C@H]1CCc2cc(OC)c(OC)c(OC)c2-c2ccc(NC)c(=O)cc21. The normalized spacial score (nSPS) is 14.5. The molecule has 2 aromatic rings. The molecule has 1 aliphatic carbocycles. The average molecular weight is 410 g/mol. The van der Waals surface area contributed by atoms with Crippen molar-refractivity contribution in [3.05, 3.63) is 58.3 Å². The van der Waals surface area contributed by atoms with E-state index in [9.17, 15) is 9.59 Å². The van der Waals surface area contributed by atoms with Gasteiger partial charge in [-0.25, -0.2) is 0 Å². The van der Waals surface area contributed by atoms with Gasteiger partial charge in [0, 0.05) is 12.6 Å². The van der Waals surface area contributed by atoms with Crippen LogP contribution in [0.1, 0.15) is 23.6 Å². The number of benzene rings is 1. The van der Waals surface area contributed by atoms with Crippen molar-refractivity contribution in [3.63, 3.8) is 0 Å². The van der Waals surface area contributed by atoms with Crippen LogP contribution in [0, 0.1) is 0 Å². The van der Waals surface area contributed by atoms with Gasteiger partial charge in [0.25, 0.3) is 0 Å². The fraction of sp³-hybridized carbons (Fsp3) is 0.304. The monoisotopic (exact) mass is 410 g/mol. The summed E-state index contributed by atoms with van der Waals surface area (Å²) in [5, 5.41) is 5.88. The molecular formula is C23H26N2O5. The molecule has 0 unspecified atom stereocenters. The van der Waals surface area contributed by atoms with Crippen LogP contribution in [0.25, 0.3) is 11.1 Å². The van der Waals surface area contributed by atoms with Gasteiger partial charge in [-0.1, -0.05) is 12.6 Å². The number of nitrogens with one attached hydrogen (secondary N) is 2. The van der Waals surface area contributed by atoms with Crippen LogP contribution >= 0.6 is 0 Å². The molecule has 0 aliphatic heterocycles. The van der Waals surface area contributed by atoms with Gasteiger partial charge in [0.2, 0.25) is 17.1 Å². The van der Waals surface area contributed by atoms with Crippen molar-refractivity contribution in [1.82, 2.24) is 5.32 Å². The molecule has 0 fully saturated rings. The van der Waals surface area contributed by atoms with Gasteiger partial charge in [-0.3, -0.25) is 9.59 Å². The summed E-state index contributed by atoms with van der Waals surface area (Å²) in [6, 6.07) is 6.72. The number of ether oxygens (including phenoxy) is 3. The van der Waals surface area contributed by atoms with Gasteiger partial charge in [0.1, 0.15) is 0 Å². The molecule has 0 saturated heterocycles. The van der Waals surface area contributed by atoms with Gasteiger partial charge in [0.05, 0.1) is 33.1 Å². The third kappa shape index (κ3) is 3.70. The maximum atomic E-state index is 12.8. The zero-order valence-corrected chi connectivity index (χ0v) is 17.6. The molecule has 0 saturated carbocycles. The van der Waals surface area contributed by atoms with Crippen molar-refractivity contribution in [3.8, 4) is 28.4 Å². The predicted octanol–water partition coefficient (Wildman–Crippen LogP) is 3.07. The van der Waals surface area contributed by atoms with Gasteiger partial charge >= 0.3 is 0 Å².